The molecule has 0 fully saturated rings. The van der Waals surface area contributed by atoms with E-state index in [0.29, 0.717) is 12.1 Å². The first-order valence-electron chi connectivity index (χ1n) is 7.58. The van der Waals surface area contributed by atoms with Crippen molar-refractivity contribution in [3.63, 3.8) is 0 Å². The van der Waals surface area contributed by atoms with Crippen LogP contribution in [0.25, 0.3) is 0 Å². The Hall–Kier alpha value is -1.92. The molecule has 1 aromatic heterocycles. The van der Waals surface area contributed by atoms with Crippen LogP contribution in [0.5, 0.6) is 0 Å². The van der Waals surface area contributed by atoms with E-state index in [9.17, 15) is 14.0 Å². The number of anilines is 1. The van der Waals surface area contributed by atoms with Crippen molar-refractivity contribution in [1.29, 1.82) is 0 Å². The Morgan fingerprint density at radius 1 is 1.17 bits per heavy atom. The van der Waals surface area contributed by atoms with Gasteiger partial charge in [-0.3, -0.25) is 9.59 Å². The van der Waals surface area contributed by atoms with Gasteiger partial charge in [0.05, 0.1) is 11.6 Å². The average Bonchev–Trinajstić information content (AvgIpc) is 3.06. The summed E-state index contributed by atoms with van der Waals surface area (Å²) < 4.78 is 13.0. The third-order valence-corrected chi connectivity index (χ3v) is 4.53. The fourth-order valence-electron chi connectivity index (χ4n) is 2.09. The molecule has 4 nitrogen and oxygen atoms in total. The normalized spacial score (nSPS) is 10.4. The highest BCUT2D eigenvalue weighted by Crippen LogP contribution is 2.19. The number of hydrogen-bond acceptors (Lipinski definition) is 3. The van der Waals surface area contributed by atoms with Gasteiger partial charge in [0.15, 0.2) is 0 Å². The summed E-state index contributed by atoms with van der Waals surface area (Å²) in [5, 5.41) is 7.08. The van der Waals surface area contributed by atoms with Crippen molar-refractivity contribution in [2.24, 2.45) is 0 Å². The molecule has 0 radical (unpaired) electrons. The summed E-state index contributed by atoms with van der Waals surface area (Å²) in [6, 6.07) is 7.99. The third-order valence-electron chi connectivity index (χ3n) is 3.31. The van der Waals surface area contributed by atoms with E-state index < -0.39 is 5.82 Å². The van der Waals surface area contributed by atoms with Gasteiger partial charge in [0.25, 0.3) is 0 Å². The van der Waals surface area contributed by atoms with Gasteiger partial charge in [-0.25, -0.2) is 4.39 Å². The van der Waals surface area contributed by atoms with Crippen LogP contribution in [-0.2, 0) is 16.0 Å². The second-order valence-corrected chi connectivity index (χ2v) is 6.68. The first kappa shape index (κ1) is 18.4. The van der Waals surface area contributed by atoms with Gasteiger partial charge in [0, 0.05) is 17.0 Å². The van der Waals surface area contributed by atoms with Gasteiger partial charge in [0.2, 0.25) is 11.8 Å². The van der Waals surface area contributed by atoms with Crippen LogP contribution >= 0.6 is 22.9 Å². The standard InChI is InChI=1S/C17H18ClFN2O2S/c18-14-10-12(7-8-15(14)19)21-17(23)11-20-16(22)6-2-1-4-13-5-3-9-24-13/h3,5,7-10H,1-2,4,6,11H2,(H,20,22)(H,21,23). The topological polar surface area (TPSA) is 58.2 Å². The molecule has 128 valence electrons. The van der Waals surface area contributed by atoms with Crippen molar-refractivity contribution >= 4 is 40.4 Å². The molecule has 7 heteroatoms. The molecule has 2 amide bonds. The molecule has 0 saturated carbocycles. The Kier molecular flexibility index (Phi) is 7.21. The van der Waals surface area contributed by atoms with E-state index in [-0.39, 0.29) is 23.4 Å². The van der Waals surface area contributed by atoms with E-state index in [1.807, 2.05) is 11.4 Å². The van der Waals surface area contributed by atoms with E-state index in [0.717, 1.165) is 19.3 Å². The summed E-state index contributed by atoms with van der Waals surface area (Å²) in [6.45, 7) is -0.126. The molecule has 0 unspecified atom stereocenters. The molecule has 0 bridgehead atoms. The van der Waals surface area contributed by atoms with Crippen molar-refractivity contribution in [1.82, 2.24) is 5.32 Å². The van der Waals surface area contributed by atoms with Gasteiger partial charge in [0.1, 0.15) is 5.82 Å². The second-order valence-electron chi connectivity index (χ2n) is 5.24. The number of rotatable bonds is 8. The highest BCUT2D eigenvalue weighted by atomic mass is 35.5. The van der Waals surface area contributed by atoms with Gasteiger partial charge in [-0.1, -0.05) is 17.7 Å². The number of carbonyl (C=O) groups is 2. The Labute approximate surface area is 149 Å². The summed E-state index contributed by atoms with van der Waals surface area (Å²) in [7, 11) is 0. The summed E-state index contributed by atoms with van der Waals surface area (Å²) in [5.41, 5.74) is 0.386. The first-order chi connectivity index (χ1) is 11.5. The quantitative estimate of drug-likeness (QED) is 0.692. The predicted molar refractivity (Wildman–Crippen MR) is 94.9 cm³/mol. The zero-order valence-electron chi connectivity index (χ0n) is 13.0. The summed E-state index contributed by atoms with van der Waals surface area (Å²) in [6.07, 6.45) is 3.07. The molecule has 0 spiro atoms. The van der Waals surface area contributed by atoms with Crippen molar-refractivity contribution < 1.29 is 14.0 Å². The SMILES string of the molecule is O=C(CCCCc1cccs1)NCC(=O)Nc1ccc(F)c(Cl)c1. The lowest BCUT2D eigenvalue weighted by molar-refractivity contribution is -0.124. The first-order valence-corrected chi connectivity index (χ1v) is 8.84. The van der Waals surface area contributed by atoms with Gasteiger partial charge < -0.3 is 10.6 Å². The Morgan fingerprint density at radius 3 is 2.71 bits per heavy atom. The van der Waals surface area contributed by atoms with E-state index >= 15 is 0 Å². The van der Waals surface area contributed by atoms with Crippen LogP contribution in [0.1, 0.15) is 24.1 Å². The highest BCUT2D eigenvalue weighted by molar-refractivity contribution is 7.09. The molecule has 2 aromatic rings. The molecule has 0 atom stereocenters. The van der Waals surface area contributed by atoms with Crippen molar-refractivity contribution in [3.8, 4) is 0 Å². The lowest BCUT2D eigenvalue weighted by Crippen LogP contribution is -2.32. The van der Waals surface area contributed by atoms with E-state index in [1.165, 1.54) is 23.1 Å². The van der Waals surface area contributed by atoms with Crippen molar-refractivity contribution in [2.45, 2.75) is 25.7 Å². The smallest absolute Gasteiger partial charge is 0.243 e. The number of aryl methyl sites for hydroxylation is 1. The number of carbonyl (C=O) groups excluding carboxylic acids is 2. The molecule has 2 N–H and O–H groups in total. The monoisotopic (exact) mass is 368 g/mol. The van der Waals surface area contributed by atoms with Crippen LogP contribution in [0, 0.1) is 5.82 Å². The minimum Gasteiger partial charge on any atom is -0.347 e. The molecule has 0 aliphatic heterocycles. The van der Waals surface area contributed by atoms with Gasteiger partial charge in [-0.15, -0.1) is 11.3 Å². The largest absolute Gasteiger partial charge is 0.347 e. The van der Waals surface area contributed by atoms with Gasteiger partial charge >= 0.3 is 0 Å². The molecule has 1 aromatic carbocycles. The molecule has 0 aliphatic carbocycles. The Bertz CT molecular complexity index is 692. The van der Waals surface area contributed by atoms with Gasteiger partial charge in [-0.05, 0) is 48.9 Å². The van der Waals surface area contributed by atoms with Crippen LogP contribution in [-0.4, -0.2) is 18.4 Å². The average molecular weight is 369 g/mol. The molecule has 0 saturated heterocycles. The Balaban J connectivity index is 1.62. The van der Waals surface area contributed by atoms with Crippen LogP contribution in [0.3, 0.4) is 0 Å². The summed E-state index contributed by atoms with van der Waals surface area (Å²) in [5.74, 6) is -1.09. The molecular weight excluding hydrogens is 351 g/mol. The molecule has 0 aliphatic rings. The molecular formula is C17H18ClFN2O2S. The fraction of sp³-hybridized carbons (Fsp3) is 0.294. The van der Waals surface area contributed by atoms with Crippen LogP contribution in [0.15, 0.2) is 35.7 Å². The highest BCUT2D eigenvalue weighted by Gasteiger charge is 2.07. The maximum atomic E-state index is 13.0. The van der Waals surface area contributed by atoms with E-state index in [4.69, 9.17) is 11.6 Å². The van der Waals surface area contributed by atoms with Crippen LogP contribution in [0.2, 0.25) is 5.02 Å². The number of halogens is 2. The number of hydrogen-bond donors (Lipinski definition) is 2. The predicted octanol–water partition coefficient (Wildman–Crippen LogP) is 4.01. The Morgan fingerprint density at radius 2 is 2.00 bits per heavy atom. The van der Waals surface area contributed by atoms with Gasteiger partial charge in [-0.2, -0.15) is 0 Å². The second kappa shape index (κ2) is 9.39. The lowest BCUT2D eigenvalue weighted by atomic mass is 10.1. The van der Waals surface area contributed by atoms with Crippen LogP contribution < -0.4 is 10.6 Å². The van der Waals surface area contributed by atoms with Crippen molar-refractivity contribution in [3.05, 3.63) is 51.4 Å². The number of unbranched alkanes of at least 4 members (excludes halogenated alkanes) is 1. The van der Waals surface area contributed by atoms with E-state index in [1.54, 1.807) is 11.3 Å². The minimum absolute atomic E-state index is 0.0671. The zero-order chi connectivity index (χ0) is 17.4. The van der Waals surface area contributed by atoms with E-state index in [2.05, 4.69) is 16.7 Å². The maximum Gasteiger partial charge on any atom is 0.243 e. The fourth-order valence-corrected chi connectivity index (χ4v) is 3.02. The number of benzene rings is 1. The number of amides is 2. The van der Waals surface area contributed by atoms with Crippen molar-refractivity contribution in [2.75, 3.05) is 11.9 Å². The lowest BCUT2D eigenvalue weighted by Gasteiger charge is -2.07. The summed E-state index contributed by atoms with van der Waals surface area (Å²) >= 11 is 7.35. The molecule has 24 heavy (non-hydrogen) atoms. The molecule has 2 rings (SSSR count). The third kappa shape index (κ3) is 6.29. The molecule has 1 heterocycles. The minimum atomic E-state index is -0.550. The zero-order valence-corrected chi connectivity index (χ0v) is 14.6. The maximum absolute atomic E-state index is 13.0. The number of thiophene rings is 1. The number of nitrogens with one attached hydrogen (secondary N) is 2. The summed E-state index contributed by atoms with van der Waals surface area (Å²) in [4.78, 5) is 24.8. The van der Waals surface area contributed by atoms with Crippen LogP contribution in [0.4, 0.5) is 10.1 Å².